The van der Waals surface area contributed by atoms with Gasteiger partial charge in [-0.1, -0.05) is 24.3 Å². The average molecular weight is 398 g/mol. The van der Waals surface area contributed by atoms with Crippen molar-refractivity contribution in [2.45, 2.75) is 45.1 Å². The van der Waals surface area contributed by atoms with E-state index in [1.54, 1.807) is 0 Å². The number of carbonyl (C=O) groups excluding carboxylic acids is 2. The molecule has 2 aromatic carbocycles. The predicted octanol–water partition coefficient (Wildman–Crippen LogP) is 4.69. The maximum atomic E-state index is 13.8. The van der Waals surface area contributed by atoms with Crippen LogP contribution in [0.4, 0.5) is 20.2 Å². The van der Waals surface area contributed by atoms with Crippen molar-refractivity contribution in [1.29, 1.82) is 0 Å². The van der Waals surface area contributed by atoms with E-state index in [-0.39, 0.29) is 29.7 Å². The van der Waals surface area contributed by atoms with Gasteiger partial charge in [0.2, 0.25) is 11.8 Å². The fourth-order valence-corrected chi connectivity index (χ4v) is 4.54. The Morgan fingerprint density at radius 1 is 0.931 bits per heavy atom. The lowest BCUT2D eigenvalue weighted by Crippen LogP contribution is -2.42. The van der Waals surface area contributed by atoms with E-state index in [2.05, 4.69) is 18.3 Å². The second kappa shape index (κ2) is 7.93. The van der Waals surface area contributed by atoms with Gasteiger partial charge in [-0.3, -0.25) is 9.59 Å². The van der Waals surface area contributed by atoms with Gasteiger partial charge in [0, 0.05) is 23.6 Å². The van der Waals surface area contributed by atoms with Gasteiger partial charge in [-0.15, -0.1) is 0 Å². The second-order valence-corrected chi connectivity index (χ2v) is 8.02. The number of para-hydroxylation sites is 2. The van der Waals surface area contributed by atoms with Crippen LogP contribution < -0.4 is 10.2 Å². The van der Waals surface area contributed by atoms with Crippen molar-refractivity contribution in [1.82, 2.24) is 0 Å². The maximum Gasteiger partial charge on any atom is 0.230 e. The Morgan fingerprint density at radius 2 is 1.55 bits per heavy atom. The normalized spacial score (nSPS) is 23.6. The van der Waals surface area contributed by atoms with Crippen molar-refractivity contribution in [2.24, 2.45) is 11.8 Å². The third-order valence-electron chi connectivity index (χ3n) is 6.10. The van der Waals surface area contributed by atoms with Crippen LogP contribution in [-0.4, -0.2) is 17.9 Å². The molecule has 152 valence electrons. The van der Waals surface area contributed by atoms with Crippen LogP contribution in [0.1, 0.15) is 38.2 Å². The summed E-state index contributed by atoms with van der Waals surface area (Å²) in [6.07, 6.45) is 3.11. The topological polar surface area (TPSA) is 49.4 Å². The minimum absolute atomic E-state index is 0.112. The van der Waals surface area contributed by atoms with Gasteiger partial charge < -0.3 is 10.2 Å². The van der Waals surface area contributed by atoms with Crippen LogP contribution in [0.3, 0.4) is 0 Å². The quantitative estimate of drug-likeness (QED) is 0.816. The lowest BCUT2D eigenvalue weighted by atomic mass is 9.80. The lowest BCUT2D eigenvalue weighted by Gasteiger charge is -2.32. The summed E-state index contributed by atoms with van der Waals surface area (Å²) in [5, 5.41) is 2.38. The maximum absolute atomic E-state index is 13.8. The van der Waals surface area contributed by atoms with Gasteiger partial charge in [-0.2, -0.15) is 0 Å². The van der Waals surface area contributed by atoms with Gasteiger partial charge in [0.05, 0.1) is 0 Å². The summed E-state index contributed by atoms with van der Waals surface area (Å²) < 4.78 is 27.5. The number of nitrogens with zero attached hydrogens (tertiary/aromatic N) is 1. The minimum atomic E-state index is -0.788. The summed E-state index contributed by atoms with van der Waals surface area (Å²) in [6, 6.07) is 11.6. The standard InChI is InChI=1S/C23H24F2N2O2/c1-14-13-17-5-2-3-8-20(17)27(14)23(29)16-11-9-15(10-12-16)22(28)26-21-18(24)6-4-7-19(21)25/h2-8,14-16H,9-13H2,1H3,(H,26,28). The first-order valence-corrected chi connectivity index (χ1v) is 10.1. The number of anilines is 2. The molecule has 1 unspecified atom stereocenters. The van der Waals surface area contributed by atoms with Crippen LogP contribution in [0.15, 0.2) is 42.5 Å². The van der Waals surface area contributed by atoms with Crippen LogP contribution in [0.25, 0.3) is 0 Å². The fraction of sp³-hybridized carbons (Fsp3) is 0.391. The highest BCUT2D eigenvalue weighted by Gasteiger charge is 2.37. The van der Waals surface area contributed by atoms with E-state index in [0.717, 1.165) is 24.2 Å². The molecular formula is C23H24F2N2O2. The summed E-state index contributed by atoms with van der Waals surface area (Å²) in [5.41, 5.74) is 1.77. The zero-order valence-electron chi connectivity index (χ0n) is 16.3. The number of amides is 2. The smallest absolute Gasteiger partial charge is 0.230 e. The molecule has 1 fully saturated rings. The molecule has 2 aliphatic rings. The molecule has 1 aliphatic carbocycles. The molecule has 1 heterocycles. The van der Waals surface area contributed by atoms with E-state index < -0.39 is 17.3 Å². The molecule has 1 atom stereocenters. The number of benzene rings is 2. The molecule has 0 radical (unpaired) electrons. The third-order valence-corrected chi connectivity index (χ3v) is 6.10. The Morgan fingerprint density at radius 3 is 2.24 bits per heavy atom. The Balaban J connectivity index is 1.38. The summed E-state index contributed by atoms with van der Waals surface area (Å²) in [6.45, 7) is 2.06. The Labute approximate surface area is 168 Å². The molecule has 1 saturated carbocycles. The van der Waals surface area contributed by atoms with E-state index in [1.165, 1.54) is 11.6 Å². The molecule has 2 aromatic rings. The van der Waals surface area contributed by atoms with Crippen LogP contribution in [0, 0.1) is 23.5 Å². The average Bonchev–Trinajstić information content (AvgIpc) is 3.06. The van der Waals surface area contributed by atoms with Crippen LogP contribution in [0.2, 0.25) is 0 Å². The first kappa shape index (κ1) is 19.6. The Kier molecular flexibility index (Phi) is 5.35. The van der Waals surface area contributed by atoms with Crippen LogP contribution in [-0.2, 0) is 16.0 Å². The Bertz CT molecular complexity index is 918. The molecule has 0 bridgehead atoms. The molecule has 0 saturated heterocycles. The summed E-state index contributed by atoms with van der Waals surface area (Å²) in [5.74, 6) is -2.33. The molecule has 0 spiro atoms. The molecule has 1 aliphatic heterocycles. The molecule has 4 nitrogen and oxygen atoms in total. The largest absolute Gasteiger partial charge is 0.321 e. The monoisotopic (exact) mass is 398 g/mol. The summed E-state index contributed by atoms with van der Waals surface area (Å²) in [4.78, 5) is 27.5. The van der Waals surface area contributed by atoms with Crippen molar-refractivity contribution in [3.05, 3.63) is 59.7 Å². The predicted molar refractivity (Wildman–Crippen MR) is 108 cm³/mol. The molecule has 6 heteroatoms. The number of hydrogen-bond acceptors (Lipinski definition) is 2. The zero-order valence-corrected chi connectivity index (χ0v) is 16.3. The lowest BCUT2D eigenvalue weighted by molar-refractivity contribution is -0.126. The van der Waals surface area contributed by atoms with Gasteiger partial charge in [-0.25, -0.2) is 8.78 Å². The van der Waals surface area contributed by atoms with Gasteiger partial charge in [-0.05, 0) is 62.8 Å². The number of rotatable bonds is 3. The Hall–Kier alpha value is -2.76. The number of fused-ring (bicyclic) bond motifs is 1. The summed E-state index contributed by atoms with van der Waals surface area (Å²) >= 11 is 0. The van der Waals surface area contributed by atoms with Crippen LogP contribution in [0.5, 0.6) is 0 Å². The zero-order chi connectivity index (χ0) is 20.5. The van der Waals surface area contributed by atoms with Gasteiger partial charge >= 0.3 is 0 Å². The second-order valence-electron chi connectivity index (χ2n) is 8.02. The first-order valence-electron chi connectivity index (χ1n) is 10.1. The molecule has 1 N–H and O–H groups in total. The number of carbonyl (C=O) groups is 2. The van der Waals surface area contributed by atoms with E-state index >= 15 is 0 Å². The van der Waals surface area contributed by atoms with E-state index in [0.29, 0.717) is 25.7 Å². The van der Waals surface area contributed by atoms with Gasteiger partial charge in [0.15, 0.2) is 0 Å². The fourth-order valence-electron chi connectivity index (χ4n) is 4.54. The van der Waals surface area contributed by atoms with E-state index in [9.17, 15) is 18.4 Å². The van der Waals surface area contributed by atoms with Crippen molar-refractivity contribution in [2.75, 3.05) is 10.2 Å². The van der Waals surface area contributed by atoms with Gasteiger partial charge in [0.25, 0.3) is 0 Å². The van der Waals surface area contributed by atoms with Crippen molar-refractivity contribution < 1.29 is 18.4 Å². The first-order chi connectivity index (χ1) is 14.0. The SMILES string of the molecule is CC1Cc2ccccc2N1C(=O)C1CCC(C(=O)Nc2c(F)cccc2F)CC1. The number of nitrogens with one attached hydrogen (secondary N) is 1. The minimum Gasteiger partial charge on any atom is -0.321 e. The number of halogens is 2. The van der Waals surface area contributed by atoms with Crippen LogP contribution >= 0.6 is 0 Å². The van der Waals surface area contributed by atoms with E-state index in [1.807, 2.05) is 23.1 Å². The van der Waals surface area contributed by atoms with E-state index in [4.69, 9.17) is 0 Å². The van der Waals surface area contributed by atoms with Gasteiger partial charge in [0.1, 0.15) is 17.3 Å². The molecule has 4 rings (SSSR count). The molecule has 2 amide bonds. The highest BCUT2D eigenvalue weighted by molar-refractivity contribution is 5.98. The molecular weight excluding hydrogens is 374 g/mol. The molecule has 0 aromatic heterocycles. The van der Waals surface area contributed by atoms with Crippen molar-refractivity contribution in [3.63, 3.8) is 0 Å². The summed E-state index contributed by atoms with van der Waals surface area (Å²) in [7, 11) is 0. The van der Waals surface area contributed by atoms with Crippen molar-refractivity contribution >= 4 is 23.2 Å². The van der Waals surface area contributed by atoms with Crippen molar-refractivity contribution in [3.8, 4) is 0 Å². The highest BCUT2D eigenvalue weighted by Crippen LogP contribution is 2.37. The third kappa shape index (κ3) is 3.76. The molecule has 29 heavy (non-hydrogen) atoms. The highest BCUT2D eigenvalue weighted by atomic mass is 19.1. The number of hydrogen-bond donors (Lipinski definition) is 1.